The first-order valence-corrected chi connectivity index (χ1v) is 2.67. The van der Waals surface area contributed by atoms with Crippen LogP contribution in [0.5, 0.6) is 0 Å². The molecule has 0 aliphatic rings. The number of hydrogen-bond donors (Lipinski definition) is 1. The third kappa shape index (κ3) is 2.51. The van der Waals surface area contributed by atoms with E-state index in [1.807, 2.05) is 0 Å². The fourth-order valence-corrected chi connectivity index (χ4v) is 0.455. The topological polar surface area (TPSA) is 46.3 Å². The number of carbonyl (C=O) groups is 1. The van der Waals surface area contributed by atoms with E-state index in [9.17, 15) is 4.79 Å². The summed E-state index contributed by atoms with van der Waals surface area (Å²) in [7, 11) is 6.60. The minimum absolute atomic E-state index is 0.275. The van der Waals surface area contributed by atoms with Gasteiger partial charge in [0.15, 0.2) is 0 Å². The van der Waals surface area contributed by atoms with Crippen LogP contribution in [0.1, 0.15) is 13.8 Å². The zero-order valence-electron chi connectivity index (χ0n) is 6.01. The van der Waals surface area contributed by atoms with Gasteiger partial charge in [-0.2, -0.15) is 0 Å². The quantitative estimate of drug-likeness (QED) is 0.470. The molecule has 0 saturated heterocycles. The Kier molecular flexibility index (Phi) is 2.26. The van der Waals surface area contributed by atoms with Crippen molar-refractivity contribution in [3.63, 3.8) is 0 Å². The molecule has 0 aromatic heterocycles. The highest BCUT2D eigenvalue weighted by Gasteiger charge is 2.22. The maximum atomic E-state index is 10.8. The monoisotopic (exact) mass is 126 g/mol. The van der Waals surface area contributed by atoms with Crippen LogP contribution in [0.3, 0.4) is 0 Å². The first kappa shape index (κ1) is 8.49. The van der Waals surface area contributed by atoms with Crippen LogP contribution in [-0.4, -0.2) is 31.3 Å². The van der Waals surface area contributed by atoms with Gasteiger partial charge in [-0.05, 0) is 20.9 Å². The summed E-state index contributed by atoms with van der Waals surface area (Å²) in [5.74, 6) is -0.275. The molecular formula is C5H11BN2O. The second kappa shape index (κ2) is 2.39. The molecule has 0 saturated carbocycles. The van der Waals surface area contributed by atoms with Gasteiger partial charge < -0.3 is 10.5 Å². The molecule has 0 heterocycles. The van der Waals surface area contributed by atoms with Crippen LogP contribution in [-0.2, 0) is 4.79 Å². The van der Waals surface area contributed by atoms with E-state index in [2.05, 4.69) is 0 Å². The molecule has 0 aliphatic carbocycles. The molecule has 0 atom stereocenters. The molecule has 0 aliphatic heterocycles. The van der Waals surface area contributed by atoms with Crippen LogP contribution in [0.25, 0.3) is 0 Å². The fourth-order valence-electron chi connectivity index (χ4n) is 0.455. The summed E-state index contributed by atoms with van der Waals surface area (Å²) in [5, 5.41) is 0. The maximum Gasteiger partial charge on any atom is 0.230 e. The van der Waals surface area contributed by atoms with Crippen LogP contribution in [0.2, 0.25) is 0 Å². The van der Waals surface area contributed by atoms with Crippen LogP contribution >= 0.6 is 0 Å². The van der Waals surface area contributed by atoms with Crippen molar-refractivity contribution in [3.8, 4) is 0 Å². The Bertz CT molecular complexity index is 117. The molecule has 0 rings (SSSR count). The second-order valence-electron chi connectivity index (χ2n) is 2.64. The van der Waals surface area contributed by atoms with Gasteiger partial charge in [-0.3, -0.25) is 4.79 Å². The SMILES string of the molecule is [B]N(C)C(=O)C(C)(C)N. The summed E-state index contributed by atoms with van der Waals surface area (Å²) in [4.78, 5) is 11.8. The van der Waals surface area contributed by atoms with Gasteiger partial charge in [-0.25, -0.2) is 0 Å². The molecular weight excluding hydrogens is 115 g/mol. The molecule has 0 aromatic rings. The number of hydrogen-bond acceptors (Lipinski definition) is 2. The van der Waals surface area contributed by atoms with Crippen molar-refractivity contribution in [1.29, 1.82) is 0 Å². The van der Waals surface area contributed by atoms with E-state index in [0.29, 0.717) is 0 Å². The predicted octanol–water partition coefficient (Wildman–Crippen LogP) is -0.734. The third-order valence-electron chi connectivity index (χ3n) is 0.872. The number of nitrogens with zero attached hydrogens (tertiary/aromatic N) is 1. The molecule has 0 aromatic carbocycles. The van der Waals surface area contributed by atoms with E-state index >= 15 is 0 Å². The molecule has 50 valence electrons. The zero-order valence-corrected chi connectivity index (χ0v) is 6.01. The summed E-state index contributed by atoms with van der Waals surface area (Å²) < 4.78 is 0. The largest absolute Gasteiger partial charge is 0.398 e. The van der Waals surface area contributed by atoms with Gasteiger partial charge in [0.05, 0.1) is 5.54 Å². The van der Waals surface area contributed by atoms with Crippen molar-refractivity contribution in [1.82, 2.24) is 4.81 Å². The molecule has 3 nitrogen and oxygen atoms in total. The van der Waals surface area contributed by atoms with Crippen molar-refractivity contribution in [3.05, 3.63) is 0 Å². The lowest BCUT2D eigenvalue weighted by Gasteiger charge is -2.22. The van der Waals surface area contributed by atoms with Crippen LogP contribution in [0, 0.1) is 0 Å². The minimum Gasteiger partial charge on any atom is -0.398 e. The Morgan fingerprint density at radius 3 is 2.00 bits per heavy atom. The molecule has 0 spiro atoms. The summed E-state index contributed by atoms with van der Waals surface area (Å²) in [6, 6.07) is 0. The van der Waals surface area contributed by atoms with Crippen molar-refractivity contribution < 1.29 is 4.79 Å². The van der Waals surface area contributed by atoms with E-state index in [-0.39, 0.29) is 5.91 Å². The third-order valence-corrected chi connectivity index (χ3v) is 0.872. The lowest BCUT2D eigenvalue weighted by molar-refractivity contribution is -0.130. The van der Waals surface area contributed by atoms with E-state index < -0.39 is 5.54 Å². The zero-order chi connectivity index (χ0) is 7.65. The molecule has 2 radical (unpaired) electrons. The molecule has 2 N–H and O–H groups in total. The van der Waals surface area contributed by atoms with Gasteiger partial charge in [0.25, 0.3) is 0 Å². The summed E-state index contributed by atoms with van der Waals surface area (Å²) in [5.41, 5.74) is 4.55. The molecule has 0 fully saturated rings. The summed E-state index contributed by atoms with van der Waals surface area (Å²) in [6.45, 7) is 3.22. The first-order chi connectivity index (χ1) is 3.85. The molecule has 0 unspecified atom stereocenters. The van der Waals surface area contributed by atoms with E-state index in [1.165, 1.54) is 7.05 Å². The Morgan fingerprint density at radius 2 is 2.00 bits per heavy atom. The van der Waals surface area contributed by atoms with Crippen molar-refractivity contribution in [2.24, 2.45) is 5.73 Å². The fraction of sp³-hybridized carbons (Fsp3) is 0.800. The highest BCUT2D eigenvalue weighted by molar-refractivity contribution is 6.15. The van der Waals surface area contributed by atoms with Gasteiger partial charge >= 0.3 is 0 Å². The van der Waals surface area contributed by atoms with Crippen LogP contribution < -0.4 is 5.73 Å². The maximum absolute atomic E-state index is 10.8. The Balaban J connectivity index is 4.06. The lowest BCUT2D eigenvalue weighted by Crippen LogP contribution is -2.48. The van der Waals surface area contributed by atoms with Gasteiger partial charge in [0, 0.05) is 0 Å². The number of rotatable bonds is 1. The summed E-state index contributed by atoms with van der Waals surface area (Å²) >= 11 is 0. The minimum atomic E-state index is -0.858. The van der Waals surface area contributed by atoms with E-state index in [4.69, 9.17) is 13.7 Å². The number of likely N-dealkylation sites (N-methyl/N-ethyl adjacent to an activating group) is 1. The van der Waals surface area contributed by atoms with Gasteiger partial charge in [0.2, 0.25) is 13.9 Å². The average molecular weight is 126 g/mol. The normalized spacial score (nSPS) is 11.1. The van der Waals surface area contributed by atoms with Crippen LogP contribution in [0.4, 0.5) is 0 Å². The van der Waals surface area contributed by atoms with Gasteiger partial charge in [-0.1, -0.05) is 0 Å². The van der Waals surface area contributed by atoms with Gasteiger partial charge in [0.1, 0.15) is 0 Å². The summed E-state index contributed by atoms with van der Waals surface area (Å²) in [6.07, 6.45) is 0. The first-order valence-electron chi connectivity index (χ1n) is 2.67. The number of nitrogens with two attached hydrogens (primary N) is 1. The Morgan fingerprint density at radius 1 is 1.67 bits per heavy atom. The number of amides is 1. The van der Waals surface area contributed by atoms with Crippen molar-refractivity contribution in [2.75, 3.05) is 7.05 Å². The predicted molar refractivity (Wildman–Crippen MR) is 36.8 cm³/mol. The number of carbonyl (C=O) groups excluding carboxylic acids is 1. The molecule has 4 heteroatoms. The smallest absolute Gasteiger partial charge is 0.230 e. The van der Waals surface area contributed by atoms with Gasteiger partial charge in [-0.15, -0.1) is 0 Å². The standard InChI is InChI=1S/C5H11BN2O/c1-5(2,7)4(9)8(3)6/h7H2,1-3H3. The molecule has 1 amide bonds. The van der Waals surface area contributed by atoms with Crippen LogP contribution in [0.15, 0.2) is 0 Å². The highest BCUT2D eigenvalue weighted by Crippen LogP contribution is 1.98. The highest BCUT2D eigenvalue weighted by atomic mass is 16.2. The van der Waals surface area contributed by atoms with E-state index in [1.54, 1.807) is 13.8 Å². The Hall–Kier alpha value is -0.505. The second-order valence-corrected chi connectivity index (χ2v) is 2.64. The average Bonchev–Trinajstić information content (AvgIpc) is 1.62. The van der Waals surface area contributed by atoms with Crippen molar-refractivity contribution in [2.45, 2.75) is 19.4 Å². The van der Waals surface area contributed by atoms with Crippen molar-refractivity contribution >= 4 is 13.9 Å². The molecule has 0 bridgehead atoms. The Labute approximate surface area is 56.6 Å². The van der Waals surface area contributed by atoms with E-state index in [0.717, 1.165) is 4.81 Å². The molecule has 9 heavy (non-hydrogen) atoms. The lowest BCUT2D eigenvalue weighted by atomic mass is 10.0.